The van der Waals surface area contributed by atoms with Crippen LogP contribution < -0.4 is 5.32 Å². The quantitative estimate of drug-likeness (QED) is 0.885. The molecule has 1 N–H and O–H groups in total. The second kappa shape index (κ2) is 5.92. The molecular weight excluding hydrogens is 275 g/mol. The molecule has 0 saturated carbocycles. The Morgan fingerprint density at radius 2 is 2.26 bits per heavy atom. The van der Waals surface area contributed by atoms with E-state index in [0.717, 1.165) is 10.7 Å². The van der Waals surface area contributed by atoms with Crippen LogP contribution in [-0.2, 0) is 6.42 Å². The van der Waals surface area contributed by atoms with Gasteiger partial charge in [-0.1, -0.05) is 6.92 Å². The number of imidazole rings is 1. The molecule has 19 heavy (non-hydrogen) atoms. The molecule has 7 heteroatoms. The van der Waals surface area contributed by atoms with Crippen molar-refractivity contribution in [3.05, 3.63) is 23.5 Å². The number of fused-ring (bicyclic) bond motifs is 1. The minimum atomic E-state index is -4.10. The third kappa shape index (κ3) is 4.21. The van der Waals surface area contributed by atoms with Gasteiger partial charge in [0.05, 0.1) is 5.69 Å². The van der Waals surface area contributed by atoms with Crippen LogP contribution in [0.3, 0.4) is 0 Å². The lowest BCUT2D eigenvalue weighted by Crippen LogP contribution is -2.32. The van der Waals surface area contributed by atoms with Crippen molar-refractivity contribution < 1.29 is 13.2 Å². The van der Waals surface area contributed by atoms with Crippen LogP contribution in [0.4, 0.5) is 13.2 Å². The zero-order valence-electron chi connectivity index (χ0n) is 10.6. The molecule has 0 bridgehead atoms. The SMILES string of the molecule is CCNC(CCC(F)(F)F)Cc1cn2ccsc2n1. The lowest BCUT2D eigenvalue weighted by Gasteiger charge is -2.17. The number of hydrogen-bond acceptors (Lipinski definition) is 3. The highest BCUT2D eigenvalue weighted by atomic mass is 32.1. The minimum absolute atomic E-state index is 0.0858. The number of nitrogens with one attached hydrogen (secondary N) is 1. The van der Waals surface area contributed by atoms with Crippen molar-refractivity contribution >= 4 is 16.3 Å². The van der Waals surface area contributed by atoms with E-state index in [4.69, 9.17) is 0 Å². The van der Waals surface area contributed by atoms with Crippen molar-refractivity contribution in [3.63, 3.8) is 0 Å². The summed E-state index contributed by atoms with van der Waals surface area (Å²) in [4.78, 5) is 5.28. The van der Waals surface area contributed by atoms with Gasteiger partial charge in [0, 0.05) is 36.7 Å². The molecule has 2 heterocycles. The Balaban J connectivity index is 1.97. The number of nitrogens with zero attached hydrogens (tertiary/aromatic N) is 2. The molecule has 0 aromatic carbocycles. The molecule has 0 fully saturated rings. The number of thiazole rings is 1. The van der Waals surface area contributed by atoms with Crippen molar-refractivity contribution in [1.29, 1.82) is 0 Å². The molecule has 1 atom stereocenters. The van der Waals surface area contributed by atoms with Gasteiger partial charge in [0.25, 0.3) is 0 Å². The van der Waals surface area contributed by atoms with Crippen molar-refractivity contribution in [3.8, 4) is 0 Å². The standard InChI is InChI=1S/C12H16F3N3S/c1-2-16-9(3-4-12(13,14)15)7-10-8-18-5-6-19-11(18)17-10/h5-6,8-9,16H,2-4,7H2,1H3. The molecule has 0 aliphatic carbocycles. The van der Waals surface area contributed by atoms with E-state index < -0.39 is 12.6 Å². The van der Waals surface area contributed by atoms with Crippen molar-refractivity contribution in [2.24, 2.45) is 0 Å². The zero-order valence-corrected chi connectivity index (χ0v) is 11.4. The zero-order chi connectivity index (χ0) is 13.9. The fourth-order valence-electron chi connectivity index (χ4n) is 2.03. The van der Waals surface area contributed by atoms with E-state index in [-0.39, 0.29) is 12.5 Å². The molecule has 0 radical (unpaired) electrons. The van der Waals surface area contributed by atoms with Crippen molar-refractivity contribution in [2.45, 2.75) is 38.4 Å². The van der Waals surface area contributed by atoms with Gasteiger partial charge in [-0.25, -0.2) is 4.98 Å². The summed E-state index contributed by atoms with van der Waals surface area (Å²) in [6, 6.07) is -0.184. The van der Waals surface area contributed by atoms with Gasteiger partial charge in [-0.15, -0.1) is 11.3 Å². The first-order chi connectivity index (χ1) is 8.98. The van der Waals surface area contributed by atoms with Gasteiger partial charge in [-0.2, -0.15) is 13.2 Å². The number of hydrogen-bond donors (Lipinski definition) is 1. The van der Waals surface area contributed by atoms with Crippen LogP contribution in [0.5, 0.6) is 0 Å². The van der Waals surface area contributed by atoms with Gasteiger partial charge in [-0.3, -0.25) is 4.40 Å². The van der Waals surface area contributed by atoms with E-state index in [1.54, 1.807) is 0 Å². The third-order valence-corrected chi connectivity index (χ3v) is 3.64. The van der Waals surface area contributed by atoms with Crippen LogP contribution in [0.2, 0.25) is 0 Å². The Hall–Kier alpha value is -1.08. The molecule has 0 aliphatic rings. The summed E-state index contributed by atoms with van der Waals surface area (Å²) in [7, 11) is 0. The summed E-state index contributed by atoms with van der Waals surface area (Å²) in [5, 5.41) is 5.02. The van der Waals surface area contributed by atoms with E-state index >= 15 is 0 Å². The maximum atomic E-state index is 12.3. The fraction of sp³-hybridized carbons (Fsp3) is 0.583. The molecule has 1 unspecified atom stereocenters. The number of rotatable bonds is 6. The highest BCUT2D eigenvalue weighted by molar-refractivity contribution is 7.15. The normalized spacial score (nSPS) is 14.1. The van der Waals surface area contributed by atoms with Gasteiger partial charge in [-0.05, 0) is 13.0 Å². The highest BCUT2D eigenvalue weighted by Crippen LogP contribution is 2.23. The lowest BCUT2D eigenvalue weighted by atomic mass is 10.1. The van der Waals surface area contributed by atoms with E-state index in [1.807, 2.05) is 29.1 Å². The average molecular weight is 291 g/mol. The first-order valence-electron chi connectivity index (χ1n) is 6.19. The Bertz CT molecular complexity index is 489. The predicted octanol–water partition coefficient (Wildman–Crippen LogP) is 3.26. The molecule has 0 amide bonds. The van der Waals surface area contributed by atoms with Crippen LogP contribution in [0, 0.1) is 0 Å². The second-order valence-electron chi connectivity index (χ2n) is 4.44. The Morgan fingerprint density at radius 1 is 1.47 bits per heavy atom. The van der Waals surface area contributed by atoms with Gasteiger partial charge >= 0.3 is 6.18 Å². The molecular formula is C12H16F3N3S. The van der Waals surface area contributed by atoms with E-state index in [1.165, 1.54) is 11.3 Å². The van der Waals surface area contributed by atoms with Crippen molar-refractivity contribution in [2.75, 3.05) is 6.54 Å². The maximum absolute atomic E-state index is 12.3. The topological polar surface area (TPSA) is 29.3 Å². The molecule has 3 nitrogen and oxygen atoms in total. The van der Waals surface area contributed by atoms with Crippen LogP contribution in [0.25, 0.3) is 4.96 Å². The summed E-state index contributed by atoms with van der Waals surface area (Å²) < 4.78 is 38.7. The molecule has 0 saturated heterocycles. The smallest absolute Gasteiger partial charge is 0.314 e. The molecule has 2 aromatic rings. The van der Waals surface area contributed by atoms with Crippen LogP contribution in [0.1, 0.15) is 25.5 Å². The summed E-state index contributed by atoms with van der Waals surface area (Å²) in [5.74, 6) is 0. The first kappa shape index (κ1) is 14.3. The van der Waals surface area contributed by atoms with Gasteiger partial charge in [0.2, 0.25) is 0 Å². The first-order valence-corrected chi connectivity index (χ1v) is 7.07. The Kier molecular flexibility index (Phi) is 4.46. The molecule has 0 aliphatic heterocycles. The Morgan fingerprint density at radius 3 is 2.89 bits per heavy atom. The molecule has 2 rings (SSSR count). The van der Waals surface area contributed by atoms with E-state index in [2.05, 4.69) is 10.3 Å². The lowest BCUT2D eigenvalue weighted by molar-refractivity contribution is -0.136. The summed E-state index contributed by atoms with van der Waals surface area (Å²) in [6.07, 6.45) is -0.464. The Labute approximate surface area is 113 Å². The van der Waals surface area contributed by atoms with Gasteiger partial charge in [0.1, 0.15) is 0 Å². The molecule has 106 valence electrons. The van der Waals surface area contributed by atoms with E-state index in [0.29, 0.717) is 13.0 Å². The number of likely N-dealkylation sites (N-methyl/N-ethyl adjacent to an activating group) is 1. The summed E-state index contributed by atoms with van der Waals surface area (Å²) in [5.41, 5.74) is 0.833. The second-order valence-corrected chi connectivity index (χ2v) is 5.31. The fourth-order valence-corrected chi connectivity index (χ4v) is 2.75. The van der Waals surface area contributed by atoms with Crippen LogP contribution in [-0.4, -0.2) is 28.1 Å². The summed E-state index contributed by atoms with van der Waals surface area (Å²) >= 11 is 1.52. The van der Waals surface area contributed by atoms with Crippen molar-refractivity contribution in [1.82, 2.24) is 14.7 Å². The van der Waals surface area contributed by atoms with Crippen LogP contribution in [0.15, 0.2) is 17.8 Å². The number of aromatic nitrogens is 2. The average Bonchev–Trinajstić information content (AvgIpc) is 2.85. The third-order valence-electron chi connectivity index (χ3n) is 2.87. The number of halogens is 3. The van der Waals surface area contributed by atoms with E-state index in [9.17, 15) is 13.2 Å². The number of alkyl halides is 3. The molecule has 0 spiro atoms. The highest BCUT2D eigenvalue weighted by Gasteiger charge is 2.28. The minimum Gasteiger partial charge on any atom is -0.314 e. The largest absolute Gasteiger partial charge is 0.389 e. The monoisotopic (exact) mass is 291 g/mol. The van der Waals surface area contributed by atoms with Gasteiger partial charge < -0.3 is 5.32 Å². The maximum Gasteiger partial charge on any atom is 0.389 e. The van der Waals surface area contributed by atoms with Crippen LogP contribution >= 0.6 is 11.3 Å². The predicted molar refractivity (Wildman–Crippen MR) is 69.5 cm³/mol. The molecule has 2 aromatic heterocycles. The summed E-state index contributed by atoms with van der Waals surface area (Å²) in [6.45, 7) is 2.55. The van der Waals surface area contributed by atoms with Gasteiger partial charge in [0.15, 0.2) is 4.96 Å².